The average Bonchev–Trinajstić information content (AvgIpc) is 2.93. The van der Waals surface area contributed by atoms with Crippen molar-refractivity contribution in [2.45, 2.75) is 24.9 Å². The summed E-state index contributed by atoms with van der Waals surface area (Å²) in [4.78, 5) is 5.77. The van der Waals surface area contributed by atoms with E-state index in [1.807, 2.05) is 11.8 Å². The number of nitrogens with one attached hydrogen (secondary N) is 1. The van der Waals surface area contributed by atoms with Gasteiger partial charge in [-0.1, -0.05) is 6.92 Å². The molecule has 0 saturated carbocycles. The highest BCUT2D eigenvalue weighted by molar-refractivity contribution is 7.99. The van der Waals surface area contributed by atoms with Crippen molar-refractivity contribution in [1.29, 1.82) is 0 Å². The third-order valence-corrected chi connectivity index (χ3v) is 4.45. The molecule has 0 aliphatic rings. The van der Waals surface area contributed by atoms with E-state index in [2.05, 4.69) is 33.2 Å². The summed E-state index contributed by atoms with van der Waals surface area (Å²) in [6, 6.07) is 0. The Morgan fingerprint density at radius 1 is 1.56 bits per heavy atom. The zero-order chi connectivity index (χ0) is 12.8. The number of hydrogen-bond acceptors (Lipinski definition) is 5. The zero-order valence-corrected chi connectivity index (χ0v) is 12.4. The van der Waals surface area contributed by atoms with E-state index in [1.165, 1.54) is 5.69 Å². The number of methoxy groups -OCH3 is 1. The Morgan fingerprint density at radius 2 is 2.44 bits per heavy atom. The lowest BCUT2D eigenvalue weighted by Crippen LogP contribution is -2.13. The van der Waals surface area contributed by atoms with Gasteiger partial charge >= 0.3 is 0 Å². The summed E-state index contributed by atoms with van der Waals surface area (Å²) < 4.78 is 7.26. The van der Waals surface area contributed by atoms with Gasteiger partial charge in [-0.15, -0.1) is 23.1 Å². The van der Waals surface area contributed by atoms with Crippen LogP contribution < -0.4 is 5.32 Å². The van der Waals surface area contributed by atoms with Gasteiger partial charge in [0, 0.05) is 37.6 Å². The summed E-state index contributed by atoms with van der Waals surface area (Å²) in [7, 11) is 1.74. The van der Waals surface area contributed by atoms with Gasteiger partial charge in [-0.05, 0) is 13.0 Å². The summed E-state index contributed by atoms with van der Waals surface area (Å²) in [6.45, 7) is 4.79. The second-order valence-electron chi connectivity index (χ2n) is 3.89. The summed E-state index contributed by atoms with van der Waals surface area (Å²) in [6.07, 6.45) is 3.16. The number of aromatic nitrogens is 2. The Hall–Kier alpha value is -0.560. The quantitative estimate of drug-likeness (QED) is 0.598. The number of rotatable bonds is 8. The van der Waals surface area contributed by atoms with Crippen LogP contribution in [0.1, 0.15) is 19.0 Å². The van der Waals surface area contributed by atoms with Gasteiger partial charge in [-0.3, -0.25) is 4.40 Å². The van der Waals surface area contributed by atoms with Crippen LogP contribution in [0.2, 0.25) is 0 Å². The van der Waals surface area contributed by atoms with Crippen molar-refractivity contribution in [2.75, 3.05) is 26.0 Å². The lowest BCUT2D eigenvalue weighted by molar-refractivity contribution is 0.200. The van der Waals surface area contributed by atoms with Gasteiger partial charge in [0.25, 0.3) is 0 Å². The highest BCUT2D eigenvalue weighted by Crippen LogP contribution is 2.26. The van der Waals surface area contributed by atoms with Crippen LogP contribution in [0.25, 0.3) is 4.96 Å². The lowest BCUT2D eigenvalue weighted by Gasteiger charge is -2.04. The Bertz CT molecular complexity index is 481. The number of nitrogens with zero attached hydrogens (tertiary/aromatic N) is 2. The van der Waals surface area contributed by atoms with E-state index in [0.29, 0.717) is 0 Å². The molecule has 0 aliphatic carbocycles. The highest BCUT2D eigenvalue weighted by Gasteiger charge is 2.12. The molecule has 18 heavy (non-hydrogen) atoms. The fraction of sp³-hybridized carbons (Fsp3) is 0.583. The van der Waals surface area contributed by atoms with Gasteiger partial charge < -0.3 is 10.1 Å². The molecule has 0 unspecified atom stereocenters. The Labute approximate surface area is 116 Å². The molecule has 0 aliphatic heterocycles. The molecule has 0 radical (unpaired) electrons. The van der Waals surface area contributed by atoms with E-state index < -0.39 is 0 Å². The summed E-state index contributed by atoms with van der Waals surface area (Å²) >= 11 is 3.51. The molecule has 0 bridgehead atoms. The van der Waals surface area contributed by atoms with Crippen molar-refractivity contribution in [3.8, 4) is 0 Å². The van der Waals surface area contributed by atoms with Crippen molar-refractivity contribution >= 4 is 28.1 Å². The molecular weight excluding hydrogens is 266 g/mol. The van der Waals surface area contributed by atoms with E-state index >= 15 is 0 Å². The molecule has 4 nitrogen and oxygen atoms in total. The summed E-state index contributed by atoms with van der Waals surface area (Å²) in [5.41, 5.74) is 1.27. The Balaban J connectivity index is 2.07. The standard InChI is InChI=1S/C12H19N3OS2/c1-3-13-9-10-11(17-7-4-6-16-2)14-12-15(10)5-8-18-12/h5,8,13H,3-4,6-7,9H2,1-2H3. The number of ether oxygens (including phenoxy) is 1. The fourth-order valence-corrected chi connectivity index (χ4v) is 3.44. The van der Waals surface area contributed by atoms with E-state index in [1.54, 1.807) is 18.4 Å². The maximum Gasteiger partial charge on any atom is 0.194 e. The molecule has 1 N–H and O–H groups in total. The van der Waals surface area contributed by atoms with Crippen molar-refractivity contribution in [3.05, 3.63) is 17.3 Å². The molecule has 2 aromatic rings. The molecule has 0 aromatic carbocycles. The first-order chi connectivity index (χ1) is 8.86. The molecule has 0 saturated heterocycles. The fourth-order valence-electron chi connectivity index (χ4n) is 1.70. The lowest BCUT2D eigenvalue weighted by atomic mass is 10.4. The molecule has 6 heteroatoms. The number of fused-ring (bicyclic) bond motifs is 1. The van der Waals surface area contributed by atoms with Crippen molar-refractivity contribution in [1.82, 2.24) is 14.7 Å². The maximum atomic E-state index is 5.07. The molecule has 2 heterocycles. The average molecular weight is 285 g/mol. The molecular formula is C12H19N3OS2. The van der Waals surface area contributed by atoms with Gasteiger partial charge in [0.05, 0.1) is 5.69 Å². The normalized spacial score (nSPS) is 11.4. The van der Waals surface area contributed by atoms with Gasteiger partial charge in [0.15, 0.2) is 4.96 Å². The van der Waals surface area contributed by atoms with E-state index in [0.717, 1.165) is 41.9 Å². The SMILES string of the molecule is CCNCc1c(SCCCOC)nc2sccn12. The van der Waals surface area contributed by atoms with E-state index in [9.17, 15) is 0 Å². The Kier molecular flexibility index (Phi) is 5.49. The van der Waals surface area contributed by atoms with Crippen molar-refractivity contribution in [2.24, 2.45) is 0 Å². The minimum absolute atomic E-state index is 0.817. The molecule has 2 rings (SSSR count). The molecule has 0 spiro atoms. The van der Waals surface area contributed by atoms with Crippen molar-refractivity contribution < 1.29 is 4.74 Å². The first-order valence-corrected chi connectivity index (χ1v) is 8.00. The first-order valence-electron chi connectivity index (χ1n) is 6.13. The first kappa shape index (κ1) is 13.9. The minimum Gasteiger partial charge on any atom is -0.385 e. The highest BCUT2D eigenvalue weighted by atomic mass is 32.2. The second kappa shape index (κ2) is 7.13. The zero-order valence-electron chi connectivity index (χ0n) is 10.8. The van der Waals surface area contributed by atoms with Crippen LogP contribution >= 0.6 is 23.1 Å². The van der Waals surface area contributed by atoms with E-state index in [4.69, 9.17) is 4.74 Å². The number of hydrogen-bond donors (Lipinski definition) is 1. The number of thiazole rings is 1. The molecule has 0 atom stereocenters. The maximum absolute atomic E-state index is 5.07. The summed E-state index contributed by atoms with van der Waals surface area (Å²) in [5, 5.41) is 6.61. The topological polar surface area (TPSA) is 38.6 Å². The predicted octanol–water partition coefficient (Wildman–Crippen LogP) is 2.63. The molecule has 2 aromatic heterocycles. The predicted molar refractivity (Wildman–Crippen MR) is 77.7 cm³/mol. The minimum atomic E-state index is 0.817. The van der Waals surface area contributed by atoms with Crippen LogP contribution in [0.5, 0.6) is 0 Å². The van der Waals surface area contributed by atoms with E-state index in [-0.39, 0.29) is 0 Å². The number of imidazole rings is 1. The third-order valence-electron chi connectivity index (χ3n) is 2.60. The third kappa shape index (κ3) is 3.26. The van der Waals surface area contributed by atoms with Crippen LogP contribution in [-0.2, 0) is 11.3 Å². The van der Waals surface area contributed by atoms with Gasteiger partial charge in [-0.2, -0.15) is 0 Å². The smallest absolute Gasteiger partial charge is 0.194 e. The van der Waals surface area contributed by atoms with Gasteiger partial charge in [0.1, 0.15) is 5.03 Å². The van der Waals surface area contributed by atoms with Gasteiger partial charge in [-0.25, -0.2) is 4.98 Å². The largest absolute Gasteiger partial charge is 0.385 e. The van der Waals surface area contributed by atoms with Crippen LogP contribution in [0.4, 0.5) is 0 Å². The van der Waals surface area contributed by atoms with Crippen LogP contribution in [0, 0.1) is 0 Å². The second-order valence-corrected chi connectivity index (χ2v) is 5.85. The summed E-state index contributed by atoms with van der Waals surface area (Å²) in [5.74, 6) is 1.05. The molecule has 0 fully saturated rings. The van der Waals surface area contributed by atoms with Crippen molar-refractivity contribution in [3.63, 3.8) is 0 Å². The number of thioether (sulfide) groups is 1. The van der Waals surface area contributed by atoms with Crippen LogP contribution in [0.15, 0.2) is 16.6 Å². The Morgan fingerprint density at radius 3 is 3.22 bits per heavy atom. The van der Waals surface area contributed by atoms with Gasteiger partial charge in [0.2, 0.25) is 0 Å². The monoisotopic (exact) mass is 285 g/mol. The molecule has 0 amide bonds. The van der Waals surface area contributed by atoms with Crippen LogP contribution in [-0.4, -0.2) is 35.4 Å². The van der Waals surface area contributed by atoms with Crippen LogP contribution in [0.3, 0.4) is 0 Å². The molecule has 100 valence electrons.